The average molecular weight is 248 g/mol. The van der Waals surface area contributed by atoms with E-state index < -0.39 is 0 Å². The van der Waals surface area contributed by atoms with Gasteiger partial charge >= 0.3 is 0 Å². The molecule has 4 heteroatoms. The summed E-state index contributed by atoms with van der Waals surface area (Å²) in [6, 6.07) is 0.427. The summed E-state index contributed by atoms with van der Waals surface area (Å²) < 4.78 is 0. The van der Waals surface area contributed by atoms with Crippen LogP contribution in [0, 0.1) is 0 Å². The summed E-state index contributed by atoms with van der Waals surface area (Å²) in [5.41, 5.74) is 8.14. The highest BCUT2D eigenvalue weighted by molar-refractivity contribution is 5.47. The summed E-state index contributed by atoms with van der Waals surface area (Å²) in [5, 5.41) is 3.53. The lowest BCUT2D eigenvalue weighted by molar-refractivity contribution is 0.658. The molecule has 1 aromatic heterocycles. The standard InChI is InChI=1S/C14H24N4/c1-11(6-5-9-15)18-14-12-7-3-2-4-8-13(12)16-10-17-14/h10-11H,2-9,15H2,1H3,(H,16,17,18). The van der Waals surface area contributed by atoms with Crippen LogP contribution in [-0.2, 0) is 12.8 Å². The average Bonchev–Trinajstić information content (AvgIpc) is 2.62. The quantitative estimate of drug-likeness (QED) is 0.785. The van der Waals surface area contributed by atoms with Gasteiger partial charge in [-0.25, -0.2) is 9.97 Å². The van der Waals surface area contributed by atoms with Crippen LogP contribution in [0.3, 0.4) is 0 Å². The zero-order valence-electron chi connectivity index (χ0n) is 11.3. The molecule has 0 bridgehead atoms. The van der Waals surface area contributed by atoms with E-state index in [2.05, 4.69) is 22.2 Å². The second-order valence-corrected chi connectivity index (χ2v) is 5.18. The maximum absolute atomic E-state index is 5.55. The van der Waals surface area contributed by atoms with Crippen molar-refractivity contribution in [3.63, 3.8) is 0 Å². The fraction of sp³-hybridized carbons (Fsp3) is 0.714. The molecule has 18 heavy (non-hydrogen) atoms. The Kier molecular flexibility index (Phi) is 4.93. The number of anilines is 1. The van der Waals surface area contributed by atoms with Crippen molar-refractivity contribution in [2.24, 2.45) is 5.73 Å². The molecule has 3 N–H and O–H groups in total. The van der Waals surface area contributed by atoms with Crippen LogP contribution < -0.4 is 11.1 Å². The molecule has 1 heterocycles. The van der Waals surface area contributed by atoms with Gasteiger partial charge in [0.1, 0.15) is 12.1 Å². The Labute approximate surface area is 109 Å². The minimum Gasteiger partial charge on any atom is -0.367 e. The fourth-order valence-corrected chi connectivity index (χ4v) is 2.55. The highest BCUT2D eigenvalue weighted by atomic mass is 15.0. The highest BCUT2D eigenvalue weighted by Crippen LogP contribution is 2.24. The van der Waals surface area contributed by atoms with Crippen LogP contribution in [0.5, 0.6) is 0 Å². The Morgan fingerprint density at radius 3 is 2.94 bits per heavy atom. The third-order valence-electron chi connectivity index (χ3n) is 3.60. The summed E-state index contributed by atoms with van der Waals surface area (Å²) in [6.45, 7) is 2.95. The molecule has 1 aromatic rings. The first-order valence-corrected chi connectivity index (χ1v) is 7.10. The maximum atomic E-state index is 5.55. The van der Waals surface area contributed by atoms with Crippen molar-refractivity contribution in [2.45, 2.75) is 57.9 Å². The highest BCUT2D eigenvalue weighted by Gasteiger charge is 2.15. The topological polar surface area (TPSA) is 63.8 Å². The number of nitrogens with one attached hydrogen (secondary N) is 1. The van der Waals surface area contributed by atoms with Gasteiger partial charge in [0.05, 0.1) is 0 Å². The van der Waals surface area contributed by atoms with E-state index in [-0.39, 0.29) is 0 Å². The van der Waals surface area contributed by atoms with Gasteiger partial charge in [-0.2, -0.15) is 0 Å². The SMILES string of the molecule is CC(CCCN)Nc1ncnc2c1CCCCC2. The van der Waals surface area contributed by atoms with Crippen LogP contribution >= 0.6 is 0 Å². The van der Waals surface area contributed by atoms with Gasteiger partial charge in [-0.1, -0.05) is 6.42 Å². The third kappa shape index (κ3) is 3.42. The fourth-order valence-electron chi connectivity index (χ4n) is 2.55. The monoisotopic (exact) mass is 248 g/mol. The molecule has 0 aliphatic heterocycles. The van der Waals surface area contributed by atoms with E-state index >= 15 is 0 Å². The number of fused-ring (bicyclic) bond motifs is 1. The van der Waals surface area contributed by atoms with Gasteiger partial charge in [-0.3, -0.25) is 0 Å². The molecule has 0 saturated carbocycles. The first-order valence-electron chi connectivity index (χ1n) is 7.10. The molecule has 4 nitrogen and oxygen atoms in total. The van der Waals surface area contributed by atoms with E-state index in [0.29, 0.717) is 6.04 Å². The Bertz CT molecular complexity index is 378. The molecule has 0 spiro atoms. The van der Waals surface area contributed by atoms with Crippen LogP contribution in [0.2, 0.25) is 0 Å². The normalized spacial score (nSPS) is 16.8. The van der Waals surface area contributed by atoms with Gasteiger partial charge in [0, 0.05) is 17.3 Å². The predicted molar refractivity (Wildman–Crippen MR) is 74.7 cm³/mol. The maximum Gasteiger partial charge on any atom is 0.133 e. The minimum atomic E-state index is 0.427. The molecular formula is C14H24N4. The lowest BCUT2D eigenvalue weighted by Gasteiger charge is -2.17. The Morgan fingerprint density at radius 1 is 1.28 bits per heavy atom. The van der Waals surface area contributed by atoms with E-state index in [9.17, 15) is 0 Å². The van der Waals surface area contributed by atoms with Crippen molar-refractivity contribution in [3.8, 4) is 0 Å². The summed E-state index contributed by atoms with van der Waals surface area (Å²) in [4.78, 5) is 8.87. The largest absolute Gasteiger partial charge is 0.367 e. The van der Waals surface area contributed by atoms with Crippen molar-refractivity contribution in [1.82, 2.24) is 9.97 Å². The van der Waals surface area contributed by atoms with Crippen LogP contribution in [0.25, 0.3) is 0 Å². The number of hydrogen-bond donors (Lipinski definition) is 2. The number of hydrogen-bond acceptors (Lipinski definition) is 4. The Balaban J connectivity index is 2.08. The molecule has 1 atom stereocenters. The molecule has 0 saturated heterocycles. The van der Waals surface area contributed by atoms with E-state index in [0.717, 1.165) is 38.0 Å². The minimum absolute atomic E-state index is 0.427. The summed E-state index contributed by atoms with van der Waals surface area (Å²) >= 11 is 0. The zero-order chi connectivity index (χ0) is 12.8. The van der Waals surface area contributed by atoms with Crippen molar-refractivity contribution < 1.29 is 0 Å². The van der Waals surface area contributed by atoms with Crippen molar-refractivity contribution in [1.29, 1.82) is 0 Å². The van der Waals surface area contributed by atoms with E-state index in [4.69, 9.17) is 5.73 Å². The smallest absolute Gasteiger partial charge is 0.133 e. The second kappa shape index (κ2) is 6.69. The van der Waals surface area contributed by atoms with Gasteiger partial charge in [0.25, 0.3) is 0 Å². The summed E-state index contributed by atoms with van der Waals surface area (Å²) in [5.74, 6) is 1.05. The molecule has 1 aliphatic rings. The van der Waals surface area contributed by atoms with Crippen LogP contribution in [0.4, 0.5) is 5.82 Å². The van der Waals surface area contributed by atoms with Crippen molar-refractivity contribution in [3.05, 3.63) is 17.6 Å². The van der Waals surface area contributed by atoms with Gasteiger partial charge in [-0.05, 0) is 52.0 Å². The molecule has 0 amide bonds. The molecule has 100 valence electrons. The molecular weight excluding hydrogens is 224 g/mol. The third-order valence-corrected chi connectivity index (χ3v) is 3.60. The van der Waals surface area contributed by atoms with Crippen LogP contribution in [0.1, 0.15) is 50.3 Å². The summed E-state index contributed by atoms with van der Waals surface area (Å²) in [7, 11) is 0. The Hall–Kier alpha value is -1.16. The lowest BCUT2D eigenvalue weighted by atomic mass is 10.1. The van der Waals surface area contributed by atoms with Gasteiger partial charge in [0.2, 0.25) is 0 Å². The molecule has 1 aliphatic carbocycles. The van der Waals surface area contributed by atoms with Gasteiger partial charge in [-0.15, -0.1) is 0 Å². The van der Waals surface area contributed by atoms with Gasteiger partial charge < -0.3 is 11.1 Å². The number of rotatable bonds is 5. The number of nitrogens with zero attached hydrogens (tertiary/aromatic N) is 2. The zero-order valence-corrected chi connectivity index (χ0v) is 11.3. The molecule has 1 unspecified atom stereocenters. The van der Waals surface area contributed by atoms with Crippen molar-refractivity contribution in [2.75, 3.05) is 11.9 Å². The number of aromatic nitrogens is 2. The van der Waals surface area contributed by atoms with Crippen LogP contribution in [-0.4, -0.2) is 22.6 Å². The second-order valence-electron chi connectivity index (χ2n) is 5.18. The number of nitrogens with two attached hydrogens (primary N) is 1. The first kappa shape index (κ1) is 13.3. The molecule has 0 aromatic carbocycles. The van der Waals surface area contributed by atoms with E-state index in [1.807, 2.05) is 0 Å². The number of aryl methyl sites for hydroxylation is 1. The van der Waals surface area contributed by atoms with Gasteiger partial charge in [0.15, 0.2) is 0 Å². The first-order chi connectivity index (χ1) is 8.81. The van der Waals surface area contributed by atoms with Crippen molar-refractivity contribution >= 4 is 5.82 Å². The Morgan fingerprint density at radius 2 is 2.11 bits per heavy atom. The summed E-state index contributed by atoms with van der Waals surface area (Å²) in [6.07, 6.45) is 9.88. The van der Waals surface area contributed by atoms with Crippen LogP contribution in [0.15, 0.2) is 6.33 Å². The van der Waals surface area contributed by atoms with E-state index in [1.165, 1.54) is 30.5 Å². The molecule has 2 rings (SSSR count). The lowest BCUT2D eigenvalue weighted by Crippen LogP contribution is -2.19. The molecule has 0 radical (unpaired) electrons. The van der Waals surface area contributed by atoms with E-state index in [1.54, 1.807) is 6.33 Å². The predicted octanol–water partition coefficient (Wildman–Crippen LogP) is 2.28. The molecule has 0 fully saturated rings.